The fourth-order valence-electron chi connectivity index (χ4n) is 7.92. The van der Waals surface area contributed by atoms with Gasteiger partial charge in [-0.3, -0.25) is 4.57 Å². The smallest absolute Gasteiger partial charge is 0.243 e. The van der Waals surface area contributed by atoms with Gasteiger partial charge in [-0.25, -0.2) is 4.98 Å². The molecule has 0 N–H and O–H groups in total. The molecule has 5 nitrogen and oxygen atoms in total. The van der Waals surface area contributed by atoms with Crippen molar-refractivity contribution in [3.05, 3.63) is 158 Å². The number of hydrogen-bond acceptors (Lipinski definition) is 4. The number of pyridine rings is 1. The van der Waals surface area contributed by atoms with Crippen LogP contribution in [0.4, 0.5) is 17.1 Å². The van der Waals surface area contributed by atoms with E-state index in [1.807, 2.05) is 6.07 Å². The quantitative estimate of drug-likeness (QED) is 0.181. The summed E-state index contributed by atoms with van der Waals surface area (Å²) in [5.74, 6) is 2.48. The molecule has 49 heavy (non-hydrogen) atoms. The van der Waals surface area contributed by atoms with Gasteiger partial charge in [-0.1, -0.05) is 107 Å². The Hall–Kier alpha value is -6.27. The first-order valence-corrected chi connectivity index (χ1v) is 16.7. The van der Waals surface area contributed by atoms with Crippen molar-refractivity contribution in [3.63, 3.8) is 0 Å². The summed E-state index contributed by atoms with van der Waals surface area (Å²) in [6.45, 7) is 0.939. The highest BCUT2D eigenvalue weighted by Gasteiger charge is 2.34. The van der Waals surface area contributed by atoms with Crippen molar-refractivity contribution >= 4 is 62.0 Å². The van der Waals surface area contributed by atoms with E-state index in [0.29, 0.717) is 0 Å². The van der Waals surface area contributed by atoms with Crippen molar-refractivity contribution in [1.29, 1.82) is 0 Å². The molecule has 0 fully saturated rings. The molecule has 0 aliphatic carbocycles. The van der Waals surface area contributed by atoms with Crippen molar-refractivity contribution in [3.8, 4) is 28.4 Å². The first kappa shape index (κ1) is 27.8. The van der Waals surface area contributed by atoms with Crippen LogP contribution in [-0.4, -0.2) is 30.0 Å². The third-order valence-electron chi connectivity index (χ3n) is 10.1. The molecule has 2 aliphatic heterocycles. The SMILES string of the molecule is CN1CN(c2cccc(Oc3ccc4c5ccccc5n(-c5cc6c(cn5)-c5ccccc5B6c5ccccc5)c4c3)c2)c2ccccc21. The zero-order chi connectivity index (χ0) is 32.5. The van der Waals surface area contributed by atoms with E-state index in [4.69, 9.17) is 9.72 Å². The lowest BCUT2D eigenvalue weighted by molar-refractivity contribution is 0.483. The van der Waals surface area contributed by atoms with E-state index < -0.39 is 0 Å². The summed E-state index contributed by atoms with van der Waals surface area (Å²) in [5.41, 5.74) is 12.1. The van der Waals surface area contributed by atoms with E-state index in [0.717, 1.165) is 40.7 Å². The van der Waals surface area contributed by atoms with E-state index >= 15 is 0 Å². The largest absolute Gasteiger partial charge is 0.457 e. The Kier molecular flexibility index (Phi) is 6.18. The second-order valence-corrected chi connectivity index (χ2v) is 12.9. The number of nitrogens with zero attached hydrogens (tertiary/aromatic N) is 4. The van der Waals surface area contributed by atoms with Crippen molar-refractivity contribution in [2.24, 2.45) is 0 Å². The van der Waals surface area contributed by atoms with Gasteiger partial charge in [-0.15, -0.1) is 0 Å². The van der Waals surface area contributed by atoms with Crippen LogP contribution in [0.15, 0.2) is 158 Å². The van der Waals surface area contributed by atoms with E-state index in [1.54, 1.807) is 0 Å². The molecule has 0 bridgehead atoms. The second-order valence-electron chi connectivity index (χ2n) is 12.9. The Morgan fingerprint density at radius 3 is 2.27 bits per heavy atom. The predicted octanol–water partition coefficient (Wildman–Crippen LogP) is 8.01. The van der Waals surface area contributed by atoms with Crippen LogP contribution in [0, 0.1) is 0 Å². The molecular formula is C43H31BN4O. The zero-order valence-electron chi connectivity index (χ0n) is 27.0. The van der Waals surface area contributed by atoms with Gasteiger partial charge in [0.05, 0.1) is 29.1 Å². The molecular weight excluding hydrogens is 599 g/mol. The highest BCUT2D eigenvalue weighted by Crippen LogP contribution is 2.41. The van der Waals surface area contributed by atoms with Crippen LogP contribution >= 0.6 is 0 Å². The number of anilines is 3. The average Bonchev–Trinajstić information content (AvgIpc) is 3.79. The number of ether oxygens (including phenoxy) is 1. The summed E-state index contributed by atoms with van der Waals surface area (Å²) in [7, 11) is 2.13. The molecule has 6 heteroatoms. The van der Waals surface area contributed by atoms with Gasteiger partial charge >= 0.3 is 0 Å². The number of fused-ring (bicyclic) bond motifs is 7. The lowest BCUT2D eigenvalue weighted by Gasteiger charge is -2.20. The van der Waals surface area contributed by atoms with Crippen LogP contribution in [0.25, 0.3) is 38.8 Å². The van der Waals surface area contributed by atoms with Gasteiger partial charge in [0.15, 0.2) is 0 Å². The topological polar surface area (TPSA) is 33.5 Å². The van der Waals surface area contributed by atoms with Crippen molar-refractivity contribution in [2.75, 3.05) is 23.5 Å². The Balaban J connectivity index is 1.07. The monoisotopic (exact) mass is 630 g/mol. The molecule has 2 aromatic heterocycles. The van der Waals surface area contributed by atoms with Gasteiger partial charge in [0.1, 0.15) is 17.3 Å². The normalized spacial score (nSPS) is 13.2. The molecule has 0 spiro atoms. The van der Waals surface area contributed by atoms with Crippen molar-refractivity contribution < 1.29 is 4.74 Å². The predicted molar refractivity (Wildman–Crippen MR) is 203 cm³/mol. The third kappa shape index (κ3) is 4.37. The summed E-state index contributed by atoms with van der Waals surface area (Å²) in [6.07, 6.45) is 2.06. The maximum Gasteiger partial charge on any atom is 0.243 e. The highest BCUT2D eigenvalue weighted by molar-refractivity contribution is 6.99. The van der Waals surface area contributed by atoms with Crippen LogP contribution in [0.1, 0.15) is 0 Å². The maximum absolute atomic E-state index is 6.61. The summed E-state index contributed by atoms with van der Waals surface area (Å²) in [5, 5.41) is 2.35. The number of para-hydroxylation sites is 3. The minimum Gasteiger partial charge on any atom is -0.457 e. The first-order valence-electron chi connectivity index (χ1n) is 16.7. The van der Waals surface area contributed by atoms with Gasteiger partial charge in [-0.2, -0.15) is 0 Å². The number of rotatable bonds is 5. The van der Waals surface area contributed by atoms with Gasteiger partial charge < -0.3 is 14.5 Å². The third-order valence-corrected chi connectivity index (χ3v) is 10.1. The van der Waals surface area contributed by atoms with E-state index in [9.17, 15) is 0 Å². The van der Waals surface area contributed by atoms with Crippen LogP contribution < -0.4 is 30.9 Å². The molecule has 0 saturated heterocycles. The van der Waals surface area contributed by atoms with Crippen LogP contribution in [0.2, 0.25) is 0 Å². The van der Waals surface area contributed by atoms with Crippen molar-refractivity contribution in [2.45, 2.75) is 0 Å². The molecule has 232 valence electrons. The minimum atomic E-state index is 0.149. The maximum atomic E-state index is 6.61. The standard InChI is InChI=1S/C43H31BN4O/c1-46-28-47(41-21-10-9-20-40(41)46)30-14-11-15-31(24-30)49-32-22-23-35-34-17-6-8-19-39(34)48(42(35)25-32)43-26-38-36(27-45-43)33-16-5-7-18-37(33)44(38)29-12-3-2-4-13-29/h2-27H,28H2,1H3. The van der Waals surface area contributed by atoms with Crippen LogP contribution in [0.5, 0.6) is 11.5 Å². The fourth-order valence-corrected chi connectivity index (χ4v) is 7.92. The molecule has 0 saturated carbocycles. The summed E-state index contributed by atoms with van der Waals surface area (Å²) >= 11 is 0. The Labute approximate surface area is 285 Å². The number of aromatic nitrogens is 2. The summed E-state index contributed by atoms with van der Waals surface area (Å²) in [6, 6.07) is 53.7. The number of hydrogen-bond donors (Lipinski definition) is 0. The molecule has 0 atom stereocenters. The summed E-state index contributed by atoms with van der Waals surface area (Å²) < 4.78 is 8.89. The van der Waals surface area contributed by atoms with Gasteiger partial charge in [0.25, 0.3) is 0 Å². The van der Waals surface area contributed by atoms with Crippen LogP contribution in [0.3, 0.4) is 0 Å². The van der Waals surface area contributed by atoms with Crippen LogP contribution in [-0.2, 0) is 0 Å². The molecule has 8 aromatic rings. The van der Waals surface area contributed by atoms with E-state index in [-0.39, 0.29) is 6.71 Å². The highest BCUT2D eigenvalue weighted by atomic mass is 16.5. The Morgan fingerprint density at radius 1 is 0.592 bits per heavy atom. The van der Waals surface area contributed by atoms with E-state index in [2.05, 4.69) is 173 Å². The van der Waals surface area contributed by atoms with Gasteiger partial charge in [0, 0.05) is 41.8 Å². The van der Waals surface area contributed by atoms with E-state index in [1.165, 1.54) is 49.7 Å². The fraction of sp³-hybridized carbons (Fsp3) is 0.0465. The lowest BCUT2D eigenvalue weighted by Crippen LogP contribution is -2.48. The second kappa shape index (κ2) is 10.9. The minimum absolute atomic E-state index is 0.149. The molecule has 0 radical (unpaired) electrons. The van der Waals surface area contributed by atoms with Crippen molar-refractivity contribution in [1.82, 2.24) is 9.55 Å². The zero-order valence-corrected chi connectivity index (χ0v) is 27.0. The Morgan fingerprint density at radius 2 is 1.35 bits per heavy atom. The first-order chi connectivity index (χ1) is 24.2. The number of benzene rings is 6. The molecule has 6 aromatic carbocycles. The molecule has 2 aliphatic rings. The van der Waals surface area contributed by atoms with Gasteiger partial charge in [0.2, 0.25) is 6.71 Å². The summed E-state index contributed by atoms with van der Waals surface area (Å²) in [4.78, 5) is 9.72. The molecule has 0 unspecified atom stereocenters. The average molecular weight is 631 g/mol. The lowest BCUT2D eigenvalue weighted by atomic mass is 9.39. The molecule has 4 heterocycles. The van der Waals surface area contributed by atoms with Gasteiger partial charge in [-0.05, 0) is 59.7 Å². The molecule has 10 rings (SSSR count). The Bertz CT molecular complexity index is 2560. The molecule has 0 amide bonds.